The van der Waals surface area contributed by atoms with Crippen molar-refractivity contribution in [3.63, 3.8) is 0 Å². The Morgan fingerprint density at radius 3 is 2.15 bits per heavy atom. The fraction of sp³-hybridized carbons (Fsp3) is 1.00. The van der Waals surface area contributed by atoms with Crippen molar-refractivity contribution >= 4 is 8.80 Å². The first-order chi connectivity index (χ1) is 9.67. The Morgan fingerprint density at radius 1 is 1.10 bits per heavy atom. The van der Waals surface area contributed by atoms with Crippen LogP contribution in [0.1, 0.15) is 59.3 Å². The fourth-order valence-corrected chi connectivity index (χ4v) is 6.26. The van der Waals surface area contributed by atoms with Gasteiger partial charge in [-0.2, -0.15) is 0 Å². The molecule has 1 saturated carbocycles. The summed E-state index contributed by atoms with van der Waals surface area (Å²) >= 11 is 0. The van der Waals surface area contributed by atoms with Crippen LogP contribution in [0.4, 0.5) is 0 Å². The molecule has 2 aliphatic heterocycles. The van der Waals surface area contributed by atoms with Crippen LogP contribution in [0.3, 0.4) is 0 Å². The number of rotatable bonds is 10. The maximum Gasteiger partial charge on any atom is 0.500 e. The monoisotopic (exact) mass is 302 g/mol. The highest BCUT2D eigenvalue weighted by Crippen LogP contribution is 2.47. The molecule has 118 valence electrons. The van der Waals surface area contributed by atoms with E-state index in [1.54, 1.807) is 0 Å². The molecule has 2 bridgehead atoms. The van der Waals surface area contributed by atoms with Crippen LogP contribution >= 0.6 is 0 Å². The Bertz CT molecular complexity index is 269. The maximum absolute atomic E-state index is 6.05. The van der Waals surface area contributed by atoms with Gasteiger partial charge in [-0.25, -0.2) is 0 Å². The minimum absolute atomic E-state index is 0.188. The van der Waals surface area contributed by atoms with Crippen molar-refractivity contribution in [2.45, 2.75) is 77.0 Å². The van der Waals surface area contributed by atoms with Gasteiger partial charge in [0.25, 0.3) is 0 Å². The molecule has 4 nitrogen and oxygen atoms in total. The van der Waals surface area contributed by atoms with Crippen LogP contribution in [0.15, 0.2) is 0 Å². The summed E-state index contributed by atoms with van der Waals surface area (Å²) in [6.45, 7) is 8.03. The van der Waals surface area contributed by atoms with Crippen molar-refractivity contribution in [2.24, 2.45) is 0 Å². The molecule has 0 aromatic rings. The van der Waals surface area contributed by atoms with Crippen molar-refractivity contribution in [3.8, 4) is 0 Å². The Kier molecular flexibility index (Phi) is 6.04. The van der Waals surface area contributed by atoms with E-state index in [9.17, 15) is 0 Å². The third-order valence-electron chi connectivity index (χ3n) is 4.38. The van der Waals surface area contributed by atoms with Crippen LogP contribution < -0.4 is 0 Å². The predicted octanol–water partition coefficient (Wildman–Crippen LogP) is 3.53. The molecule has 2 unspecified atom stereocenters. The summed E-state index contributed by atoms with van der Waals surface area (Å²) in [6, 6.07) is 0.915. The lowest BCUT2D eigenvalue weighted by atomic mass is 9.74. The maximum atomic E-state index is 6.05. The molecule has 0 amide bonds. The average Bonchev–Trinajstić information content (AvgIpc) is 2.39. The number of ether oxygens (including phenoxy) is 1. The SMILES string of the molecule is CCO[Si](CCCC12CCCC(C1)O2)(OCC)OCC. The number of fused-ring (bicyclic) bond motifs is 2. The lowest BCUT2D eigenvalue weighted by molar-refractivity contribution is -0.238. The smallest absolute Gasteiger partial charge is 0.374 e. The molecule has 3 fully saturated rings. The fourth-order valence-electron chi connectivity index (χ4n) is 3.65. The largest absolute Gasteiger partial charge is 0.500 e. The topological polar surface area (TPSA) is 36.9 Å². The summed E-state index contributed by atoms with van der Waals surface area (Å²) in [4.78, 5) is 0. The zero-order chi connectivity index (χ0) is 14.5. The molecule has 5 heteroatoms. The predicted molar refractivity (Wildman–Crippen MR) is 80.7 cm³/mol. The Labute approximate surface area is 124 Å². The number of hydrogen-bond acceptors (Lipinski definition) is 4. The molecule has 0 aromatic carbocycles. The van der Waals surface area contributed by atoms with Gasteiger partial charge in [-0.15, -0.1) is 0 Å². The summed E-state index contributed by atoms with van der Waals surface area (Å²) in [6.07, 6.45) is 7.85. The second kappa shape index (κ2) is 7.36. The van der Waals surface area contributed by atoms with Gasteiger partial charge in [-0.3, -0.25) is 0 Å². The molecule has 2 heterocycles. The van der Waals surface area contributed by atoms with Gasteiger partial charge < -0.3 is 18.0 Å². The van der Waals surface area contributed by atoms with E-state index in [1.165, 1.54) is 25.7 Å². The van der Waals surface area contributed by atoms with Gasteiger partial charge in [0.15, 0.2) is 0 Å². The van der Waals surface area contributed by atoms with Gasteiger partial charge in [0.1, 0.15) is 0 Å². The summed E-state index contributed by atoms with van der Waals surface area (Å²) in [7, 11) is -2.45. The quantitative estimate of drug-likeness (QED) is 0.579. The van der Waals surface area contributed by atoms with Crippen molar-refractivity contribution in [1.82, 2.24) is 0 Å². The first-order valence-electron chi connectivity index (χ1n) is 8.27. The van der Waals surface area contributed by atoms with Gasteiger partial charge in [0.05, 0.1) is 11.7 Å². The average molecular weight is 302 g/mol. The van der Waals surface area contributed by atoms with Crippen LogP contribution in [0, 0.1) is 0 Å². The second-order valence-corrected chi connectivity index (χ2v) is 8.59. The van der Waals surface area contributed by atoms with Crippen molar-refractivity contribution < 1.29 is 18.0 Å². The van der Waals surface area contributed by atoms with Gasteiger partial charge >= 0.3 is 8.80 Å². The summed E-state index contributed by atoms with van der Waals surface area (Å²) in [5.41, 5.74) is 0.188. The molecule has 2 saturated heterocycles. The third-order valence-corrected chi connectivity index (χ3v) is 7.53. The molecule has 0 radical (unpaired) electrons. The van der Waals surface area contributed by atoms with Crippen LogP contribution in [0.5, 0.6) is 0 Å². The van der Waals surface area contributed by atoms with E-state index < -0.39 is 8.80 Å². The van der Waals surface area contributed by atoms with E-state index in [2.05, 4.69) is 0 Å². The lowest BCUT2D eigenvalue weighted by Gasteiger charge is -2.53. The minimum atomic E-state index is -2.45. The molecule has 2 atom stereocenters. The third kappa shape index (κ3) is 3.83. The zero-order valence-corrected chi connectivity index (χ0v) is 14.3. The van der Waals surface area contributed by atoms with E-state index in [0.717, 1.165) is 18.9 Å². The van der Waals surface area contributed by atoms with E-state index >= 15 is 0 Å². The second-order valence-electron chi connectivity index (χ2n) is 5.85. The zero-order valence-electron chi connectivity index (χ0n) is 13.3. The normalized spacial score (nSPS) is 29.2. The van der Waals surface area contributed by atoms with Gasteiger partial charge in [-0.1, -0.05) is 0 Å². The Balaban J connectivity index is 1.81. The molecule has 3 rings (SSSR count). The van der Waals surface area contributed by atoms with Crippen LogP contribution in [0.2, 0.25) is 6.04 Å². The molecule has 3 aliphatic rings. The minimum Gasteiger partial charge on any atom is -0.374 e. The molecular formula is C15H30O4Si. The first-order valence-corrected chi connectivity index (χ1v) is 10.2. The van der Waals surface area contributed by atoms with E-state index in [-0.39, 0.29) is 5.60 Å². The highest BCUT2D eigenvalue weighted by Gasteiger charge is 2.49. The first kappa shape index (κ1) is 16.4. The summed E-state index contributed by atoms with van der Waals surface area (Å²) in [5.74, 6) is 0. The van der Waals surface area contributed by atoms with Gasteiger partial charge in [0, 0.05) is 32.3 Å². The van der Waals surface area contributed by atoms with Gasteiger partial charge in [-0.05, 0) is 52.9 Å². The van der Waals surface area contributed by atoms with E-state index in [4.69, 9.17) is 18.0 Å². The molecule has 0 N–H and O–H groups in total. The highest BCUT2D eigenvalue weighted by molar-refractivity contribution is 6.60. The molecular weight excluding hydrogens is 272 g/mol. The Hall–Kier alpha value is 0.0569. The van der Waals surface area contributed by atoms with Crippen LogP contribution in [-0.2, 0) is 18.0 Å². The van der Waals surface area contributed by atoms with Gasteiger partial charge in [0.2, 0.25) is 0 Å². The standard InChI is InChI=1S/C15H30O4Si/c1-4-16-20(17-5-2,18-6-3)12-8-11-15-10-7-9-14(13-15)19-15/h14H,4-13H2,1-3H3. The van der Waals surface area contributed by atoms with Crippen LogP contribution in [0.25, 0.3) is 0 Å². The molecule has 1 aliphatic carbocycles. The van der Waals surface area contributed by atoms with Crippen molar-refractivity contribution in [1.29, 1.82) is 0 Å². The summed E-state index contributed by atoms with van der Waals surface area (Å²) in [5, 5.41) is 0. The highest BCUT2D eigenvalue weighted by atomic mass is 28.4. The molecule has 0 aromatic heterocycles. The summed E-state index contributed by atoms with van der Waals surface area (Å²) < 4.78 is 23.7. The van der Waals surface area contributed by atoms with Crippen LogP contribution in [-0.4, -0.2) is 40.3 Å². The van der Waals surface area contributed by atoms with E-state index in [0.29, 0.717) is 25.9 Å². The molecule has 0 spiro atoms. The van der Waals surface area contributed by atoms with Crippen molar-refractivity contribution in [3.05, 3.63) is 0 Å². The van der Waals surface area contributed by atoms with Crippen molar-refractivity contribution in [2.75, 3.05) is 19.8 Å². The van der Waals surface area contributed by atoms with E-state index in [1.807, 2.05) is 20.8 Å². The lowest BCUT2D eigenvalue weighted by Crippen LogP contribution is -2.54. The molecule has 20 heavy (non-hydrogen) atoms. The number of hydrogen-bond donors (Lipinski definition) is 0. The Morgan fingerprint density at radius 2 is 1.70 bits per heavy atom.